The summed E-state index contributed by atoms with van der Waals surface area (Å²) < 4.78 is 0. The van der Waals surface area contributed by atoms with Gasteiger partial charge in [0, 0.05) is 11.8 Å². The van der Waals surface area contributed by atoms with Gasteiger partial charge in [0.25, 0.3) is 0 Å². The lowest BCUT2D eigenvalue weighted by Gasteiger charge is -2.14. The van der Waals surface area contributed by atoms with Crippen molar-refractivity contribution in [3.63, 3.8) is 0 Å². The van der Waals surface area contributed by atoms with Crippen LogP contribution in [0.3, 0.4) is 0 Å². The monoisotopic (exact) mass is 259 g/mol. The van der Waals surface area contributed by atoms with Crippen LogP contribution in [-0.2, 0) is 4.79 Å². The molecule has 2 aromatic rings. The van der Waals surface area contributed by atoms with Crippen molar-refractivity contribution in [1.82, 2.24) is 5.32 Å². The van der Waals surface area contributed by atoms with Crippen molar-refractivity contribution in [3.05, 3.63) is 48.0 Å². The fourth-order valence-corrected chi connectivity index (χ4v) is 3.41. The molecule has 3 rings (SSSR count). The second-order valence-corrected chi connectivity index (χ2v) is 5.48. The van der Waals surface area contributed by atoms with E-state index in [-0.39, 0.29) is 6.04 Å². The van der Waals surface area contributed by atoms with E-state index < -0.39 is 11.3 Å². The zero-order valence-electron chi connectivity index (χ0n) is 9.67. The number of carboxylic acids is 1. The molecule has 92 valence electrons. The lowest BCUT2D eigenvalue weighted by Crippen LogP contribution is -2.30. The molecule has 0 spiro atoms. The number of thioether (sulfide) groups is 1. The van der Waals surface area contributed by atoms with Gasteiger partial charge < -0.3 is 5.11 Å². The summed E-state index contributed by atoms with van der Waals surface area (Å²) in [5.74, 6) is 0.00747. The molecule has 4 heteroatoms. The number of aliphatic carboxylic acids is 1. The van der Waals surface area contributed by atoms with Gasteiger partial charge in [-0.3, -0.25) is 5.32 Å². The molecule has 1 saturated heterocycles. The molecule has 0 amide bonds. The van der Waals surface area contributed by atoms with Crippen LogP contribution >= 0.6 is 11.8 Å². The second kappa shape index (κ2) is 4.63. The Morgan fingerprint density at radius 3 is 2.78 bits per heavy atom. The van der Waals surface area contributed by atoms with E-state index >= 15 is 0 Å². The van der Waals surface area contributed by atoms with Crippen LogP contribution in [0.15, 0.2) is 42.5 Å². The highest BCUT2D eigenvalue weighted by Gasteiger charge is 2.30. The van der Waals surface area contributed by atoms with E-state index in [1.165, 1.54) is 28.1 Å². The number of benzene rings is 2. The molecule has 2 N–H and O–H groups in total. The van der Waals surface area contributed by atoms with E-state index in [9.17, 15) is 4.79 Å². The van der Waals surface area contributed by atoms with Crippen LogP contribution in [0.4, 0.5) is 0 Å². The lowest BCUT2D eigenvalue weighted by molar-refractivity contribution is -0.136. The van der Waals surface area contributed by atoms with Crippen molar-refractivity contribution in [2.75, 3.05) is 5.75 Å². The SMILES string of the molecule is O=C(O)[C@H]1N[C@@H](c2cccc3ccccc23)CS1. The normalized spacial score (nSPS) is 23.3. The molecular formula is C14H13NO2S. The van der Waals surface area contributed by atoms with Gasteiger partial charge in [0.15, 0.2) is 5.37 Å². The van der Waals surface area contributed by atoms with Gasteiger partial charge >= 0.3 is 5.97 Å². The maximum Gasteiger partial charge on any atom is 0.331 e. The van der Waals surface area contributed by atoms with Crippen molar-refractivity contribution in [2.45, 2.75) is 11.4 Å². The second-order valence-electron chi connectivity index (χ2n) is 4.34. The van der Waals surface area contributed by atoms with Crippen LogP contribution in [0.5, 0.6) is 0 Å². The Morgan fingerprint density at radius 1 is 1.22 bits per heavy atom. The average molecular weight is 259 g/mol. The Labute approximate surface area is 109 Å². The predicted molar refractivity (Wildman–Crippen MR) is 73.7 cm³/mol. The number of hydrogen-bond acceptors (Lipinski definition) is 3. The van der Waals surface area contributed by atoms with Crippen molar-refractivity contribution in [2.24, 2.45) is 0 Å². The van der Waals surface area contributed by atoms with Gasteiger partial charge in [-0.25, -0.2) is 4.79 Å². The minimum Gasteiger partial charge on any atom is -0.479 e. The summed E-state index contributed by atoms with van der Waals surface area (Å²) in [6.45, 7) is 0. The summed E-state index contributed by atoms with van der Waals surface area (Å²) in [4.78, 5) is 11.0. The minimum atomic E-state index is -0.789. The first-order valence-electron chi connectivity index (χ1n) is 5.84. The molecule has 1 aliphatic heterocycles. The Balaban J connectivity index is 1.98. The fraction of sp³-hybridized carbons (Fsp3) is 0.214. The third-order valence-corrected chi connectivity index (χ3v) is 4.40. The first-order valence-corrected chi connectivity index (χ1v) is 6.89. The van der Waals surface area contributed by atoms with Crippen molar-refractivity contribution in [3.8, 4) is 0 Å². The zero-order chi connectivity index (χ0) is 12.5. The highest BCUT2D eigenvalue weighted by atomic mass is 32.2. The van der Waals surface area contributed by atoms with Crippen LogP contribution in [0.2, 0.25) is 0 Å². The quantitative estimate of drug-likeness (QED) is 0.870. The van der Waals surface area contributed by atoms with Gasteiger partial charge in [-0.2, -0.15) is 0 Å². The summed E-state index contributed by atoms with van der Waals surface area (Å²) in [7, 11) is 0. The Morgan fingerprint density at radius 2 is 2.00 bits per heavy atom. The number of carboxylic acid groups (broad SMARTS) is 1. The van der Waals surface area contributed by atoms with E-state index in [2.05, 4.69) is 29.6 Å². The molecule has 0 aromatic heterocycles. The number of nitrogens with one attached hydrogen (secondary N) is 1. The summed E-state index contributed by atoms with van der Waals surface area (Å²) in [6.07, 6.45) is 0. The minimum absolute atomic E-state index is 0.113. The number of fused-ring (bicyclic) bond motifs is 1. The van der Waals surface area contributed by atoms with Gasteiger partial charge in [-0.15, -0.1) is 11.8 Å². The summed E-state index contributed by atoms with van der Waals surface area (Å²) >= 11 is 1.45. The van der Waals surface area contributed by atoms with E-state index in [0.717, 1.165) is 5.75 Å². The molecule has 0 unspecified atom stereocenters. The molecule has 0 saturated carbocycles. The molecule has 2 aromatic carbocycles. The first-order chi connectivity index (χ1) is 8.75. The molecule has 18 heavy (non-hydrogen) atoms. The van der Waals surface area contributed by atoms with Crippen LogP contribution in [0.1, 0.15) is 11.6 Å². The van der Waals surface area contributed by atoms with Gasteiger partial charge in [0.1, 0.15) is 0 Å². The Kier molecular flexibility index (Phi) is 2.97. The molecule has 0 bridgehead atoms. The Bertz CT molecular complexity index is 594. The molecular weight excluding hydrogens is 246 g/mol. The first kappa shape index (κ1) is 11.6. The van der Waals surface area contributed by atoms with Gasteiger partial charge in [-0.05, 0) is 16.3 Å². The largest absolute Gasteiger partial charge is 0.479 e. The van der Waals surface area contributed by atoms with Crippen molar-refractivity contribution < 1.29 is 9.90 Å². The molecule has 1 heterocycles. The van der Waals surface area contributed by atoms with Gasteiger partial charge in [0.2, 0.25) is 0 Å². The maximum absolute atomic E-state index is 11.0. The van der Waals surface area contributed by atoms with Crippen molar-refractivity contribution >= 4 is 28.5 Å². The number of rotatable bonds is 2. The van der Waals surface area contributed by atoms with Gasteiger partial charge in [-0.1, -0.05) is 42.5 Å². The van der Waals surface area contributed by atoms with Gasteiger partial charge in [0.05, 0.1) is 0 Å². The highest BCUT2D eigenvalue weighted by molar-refractivity contribution is 8.00. The smallest absolute Gasteiger partial charge is 0.331 e. The third-order valence-electron chi connectivity index (χ3n) is 3.21. The third kappa shape index (κ3) is 1.98. The van der Waals surface area contributed by atoms with Crippen LogP contribution < -0.4 is 5.32 Å². The van der Waals surface area contributed by atoms with Crippen LogP contribution in [0.25, 0.3) is 10.8 Å². The van der Waals surface area contributed by atoms with Crippen LogP contribution in [-0.4, -0.2) is 22.2 Å². The van der Waals surface area contributed by atoms with Crippen molar-refractivity contribution in [1.29, 1.82) is 0 Å². The molecule has 1 fully saturated rings. The number of carbonyl (C=O) groups is 1. The summed E-state index contributed by atoms with van der Waals surface area (Å²) in [5.41, 5.74) is 1.18. The fourth-order valence-electron chi connectivity index (χ4n) is 2.35. The molecule has 0 radical (unpaired) electrons. The zero-order valence-corrected chi connectivity index (χ0v) is 10.5. The number of hydrogen-bond donors (Lipinski definition) is 2. The average Bonchev–Trinajstić information content (AvgIpc) is 2.87. The molecule has 0 aliphatic carbocycles. The van der Waals surface area contributed by atoms with E-state index in [0.29, 0.717) is 0 Å². The van der Waals surface area contributed by atoms with E-state index in [1.807, 2.05) is 18.2 Å². The predicted octanol–water partition coefficient (Wildman–Crippen LogP) is 2.63. The topological polar surface area (TPSA) is 49.3 Å². The Hall–Kier alpha value is -1.52. The van der Waals surface area contributed by atoms with E-state index in [1.54, 1.807) is 0 Å². The summed E-state index contributed by atoms with van der Waals surface area (Å²) in [6, 6.07) is 14.5. The highest BCUT2D eigenvalue weighted by Crippen LogP contribution is 2.33. The lowest BCUT2D eigenvalue weighted by atomic mass is 10.00. The molecule has 1 aliphatic rings. The van der Waals surface area contributed by atoms with Crippen LogP contribution in [0, 0.1) is 0 Å². The molecule has 2 atom stereocenters. The maximum atomic E-state index is 11.0. The summed E-state index contributed by atoms with van der Waals surface area (Å²) in [5, 5.41) is 14.1. The van der Waals surface area contributed by atoms with E-state index in [4.69, 9.17) is 5.11 Å². The standard InChI is InChI=1S/C14H13NO2S/c16-14(17)13-15-12(8-18-13)11-7-3-5-9-4-1-2-6-10(9)11/h1-7,12-13,15H,8H2,(H,16,17)/t12-,13+/m1/s1. The molecule has 3 nitrogen and oxygen atoms in total.